The summed E-state index contributed by atoms with van der Waals surface area (Å²) in [5.74, 6) is 0.230. The fourth-order valence-electron chi connectivity index (χ4n) is 1.43. The van der Waals surface area contributed by atoms with Crippen molar-refractivity contribution >= 4 is 18.1 Å². The molecule has 1 aromatic rings. The third kappa shape index (κ3) is 3.85. The highest BCUT2D eigenvalue weighted by Crippen LogP contribution is 2.29. The topological polar surface area (TPSA) is 104 Å². The zero-order valence-corrected chi connectivity index (χ0v) is 10.3. The number of ether oxygens (including phenoxy) is 1. The van der Waals surface area contributed by atoms with Crippen LogP contribution < -0.4 is 16.2 Å². The molecular formula is C10H16ClN3O3. The van der Waals surface area contributed by atoms with Gasteiger partial charge in [-0.15, -0.1) is 12.4 Å². The first-order chi connectivity index (χ1) is 7.60. The van der Waals surface area contributed by atoms with E-state index in [1.54, 1.807) is 12.1 Å². The summed E-state index contributed by atoms with van der Waals surface area (Å²) in [6.07, 6.45) is 0.587. The molecular weight excluding hydrogens is 246 g/mol. The van der Waals surface area contributed by atoms with E-state index in [9.17, 15) is 10.1 Å². The SMILES string of the molecule is COc1ccc([C@H](N)CCN)cc1[N+](=O)[O-].Cl. The van der Waals surface area contributed by atoms with Crippen LogP contribution in [0.15, 0.2) is 18.2 Å². The molecule has 0 bridgehead atoms. The highest BCUT2D eigenvalue weighted by Gasteiger charge is 2.17. The van der Waals surface area contributed by atoms with E-state index in [1.807, 2.05) is 0 Å². The molecule has 0 saturated carbocycles. The zero-order valence-electron chi connectivity index (χ0n) is 9.46. The van der Waals surface area contributed by atoms with Crippen molar-refractivity contribution in [1.29, 1.82) is 0 Å². The molecule has 1 aromatic carbocycles. The van der Waals surface area contributed by atoms with E-state index in [0.29, 0.717) is 18.5 Å². The Kier molecular flexibility index (Phi) is 6.48. The molecule has 0 amide bonds. The van der Waals surface area contributed by atoms with Gasteiger partial charge in [0.25, 0.3) is 0 Å². The van der Waals surface area contributed by atoms with Gasteiger partial charge in [0, 0.05) is 12.1 Å². The third-order valence-corrected chi connectivity index (χ3v) is 2.31. The van der Waals surface area contributed by atoms with E-state index in [-0.39, 0.29) is 29.9 Å². The van der Waals surface area contributed by atoms with Gasteiger partial charge in [0.05, 0.1) is 12.0 Å². The summed E-state index contributed by atoms with van der Waals surface area (Å²) in [6.45, 7) is 0.445. The van der Waals surface area contributed by atoms with Crippen LogP contribution in [0.1, 0.15) is 18.0 Å². The summed E-state index contributed by atoms with van der Waals surface area (Å²) >= 11 is 0. The number of nitro benzene ring substituents is 1. The smallest absolute Gasteiger partial charge is 0.311 e. The molecule has 6 nitrogen and oxygen atoms in total. The molecule has 0 spiro atoms. The van der Waals surface area contributed by atoms with Crippen molar-refractivity contribution in [2.45, 2.75) is 12.5 Å². The standard InChI is InChI=1S/C10H15N3O3.ClH/c1-16-10-3-2-7(8(12)4-5-11)6-9(10)13(14)15;/h2-3,6,8H,4-5,11-12H2,1H3;1H/t8-;/m1./s1. The van der Waals surface area contributed by atoms with Crippen molar-refractivity contribution in [2.24, 2.45) is 11.5 Å². The van der Waals surface area contributed by atoms with Gasteiger partial charge in [-0.2, -0.15) is 0 Å². The van der Waals surface area contributed by atoms with Gasteiger partial charge >= 0.3 is 5.69 Å². The monoisotopic (exact) mass is 261 g/mol. The van der Waals surface area contributed by atoms with Crippen LogP contribution in [0.5, 0.6) is 5.75 Å². The van der Waals surface area contributed by atoms with Crippen LogP contribution in [0.2, 0.25) is 0 Å². The van der Waals surface area contributed by atoms with E-state index in [1.165, 1.54) is 13.2 Å². The van der Waals surface area contributed by atoms with Gasteiger partial charge in [0.2, 0.25) is 0 Å². The number of rotatable bonds is 5. The first kappa shape index (κ1) is 15.6. The summed E-state index contributed by atoms with van der Waals surface area (Å²) in [6, 6.07) is 4.41. The molecule has 1 atom stereocenters. The van der Waals surface area contributed by atoms with Crippen molar-refractivity contribution in [3.8, 4) is 5.75 Å². The molecule has 7 heteroatoms. The summed E-state index contributed by atoms with van der Waals surface area (Å²) in [5, 5.41) is 10.8. The largest absolute Gasteiger partial charge is 0.490 e. The lowest BCUT2D eigenvalue weighted by Gasteiger charge is -2.11. The van der Waals surface area contributed by atoms with Gasteiger partial charge in [-0.1, -0.05) is 6.07 Å². The van der Waals surface area contributed by atoms with Crippen molar-refractivity contribution in [2.75, 3.05) is 13.7 Å². The third-order valence-electron chi connectivity index (χ3n) is 2.31. The molecule has 0 heterocycles. The summed E-state index contributed by atoms with van der Waals surface area (Å²) in [7, 11) is 1.39. The predicted molar refractivity (Wildman–Crippen MR) is 67.5 cm³/mol. The second-order valence-corrected chi connectivity index (χ2v) is 3.37. The van der Waals surface area contributed by atoms with Crippen LogP contribution >= 0.6 is 12.4 Å². The lowest BCUT2D eigenvalue weighted by atomic mass is 10.0. The predicted octanol–water partition coefficient (Wildman–Crippen LogP) is 1.37. The van der Waals surface area contributed by atoms with Gasteiger partial charge < -0.3 is 16.2 Å². The molecule has 0 aromatic heterocycles. The maximum absolute atomic E-state index is 10.8. The fourth-order valence-corrected chi connectivity index (χ4v) is 1.43. The lowest BCUT2D eigenvalue weighted by Crippen LogP contribution is -2.15. The molecule has 0 unspecified atom stereocenters. The Hall–Kier alpha value is -1.37. The highest BCUT2D eigenvalue weighted by molar-refractivity contribution is 5.85. The average Bonchev–Trinajstić information content (AvgIpc) is 2.28. The minimum atomic E-state index is -0.489. The van der Waals surface area contributed by atoms with Crippen LogP contribution in [0, 0.1) is 10.1 Å². The molecule has 0 aliphatic rings. The molecule has 17 heavy (non-hydrogen) atoms. The van der Waals surface area contributed by atoms with Crippen molar-refractivity contribution < 1.29 is 9.66 Å². The number of methoxy groups -OCH3 is 1. The zero-order chi connectivity index (χ0) is 12.1. The Morgan fingerprint density at radius 3 is 2.65 bits per heavy atom. The number of benzene rings is 1. The maximum Gasteiger partial charge on any atom is 0.311 e. The minimum absolute atomic E-state index is 0. The minimum Gasteiger partial charge on any atom is -0.490 e. The van der Waals surface area contributed by atoms with Crippen LogP contribution in [0.4, 0.5) is 5.69 Å². The number of hydrogen-bond acceptors (Lipinski definition) is 5. The Labute approximate surface area is 105 Å². The van der Waals surface area contributed by atoms with Gasteiger partial charge in [-0.3, -0.25) is 10.1 Å². The van der Waals surface area contributed by atoms with Crippen LogP contribution in [0.25, 0.3) is 0 Å². The molecule has 0 saturated heterocycles. The van der Waals surface area contributed by atoms with Gasteiger partial charge in [0.1, 0.15) is 0 Å². The Bertz CT molecular complexity index is 387. The summed E-state index contributed by atoms with van der Waals surface area (Å²) in [5.41, 5.74) is 11.8. The average molecular weight is 262 g/mol. The van der Waals surface area contributed by atoms with E-state index in [0.717, 1.165) is 0 Å². The number of nitrogens with zero attached hydrogens (tertiary/aromatic N) is 1. The van der Waals surface area contributed by atoms with Crippen molar-refractivity contribution in [1.82, 2.24) is 0 Å². The number of hydrogen-bond donors (Lipinski definition) is 2. The van der Waals surface area contributed by atoms with Crippen molar-refractivity contribution in [3.63, 3.8) is 0 Å². The molecule has 0 aliphatic heterocycles. The van der Waals surface area contributed by atoms with Crippen molar-refractivity contribution in [3.05, 3.63) is 33.9 Å². The van der Waals surface area contributed by atoms with Crippen LogP contribution in [-0.4, -0.2) is 18.6 Å². The molecule has 1 rings (SSSR count). The van der Waals surface area contributed by atoms with E-state index < -0.39 is 4.92 Å². The van der Waals surface area contributed by atoms with E-state index >= 15 is 0 Å². The molecule has 4 N–H and O–H groups in total. The first-order valence-corrected chi connectivity index (χ1v) is 4.88. The van der Waals surface area contributed by atoms with Gasteiger partial charge in [-0.25, -0.2) is 0 Å². The second kappa shape index (κ2) is 7.05. The first-order valence-electron chi connectivity index (χ1n) is 4.88. The van der Waals surface area contributed by atoms with Crippen LogP contribution in [-0.2, 0) is 0 Å². The quantitative estimate of drug-likeness (QED) is 0.615. The van der Waals surface area contributed by atoms with E-state index in [4.69, 9.17) is 16.2 Å². The number of nitro groups is 1. The van der Waals surface area contributed by atoms with E-state index in [2.05, 4.69) is 0 Å². The maximum atomic E-state index is 10.8. The summed E-state index contributed by atoms with van der Waals surface area (Å²) in [4.78, 5) is 10.3. The highest BCUT2D eigenvalue weighted by atomic mass is 35.5. The number of nitrogens with two attached hydrogens (primary N) is 2. The lowest BCUT2D eigenvalue weighted by molar-refractivity contribution is -0.385. The van der Waals surface area contributed by atoms with Gasteiger partial charge in [-0.05, 0) is 24.6 Å². The summed E-state index contributed by atoms with van der Waals surface area (Å²) < 4.78 is 4.89. The Morgan fingerprint density at radius 2 is 2.18 bits per heavy atom. The Morgan fingerprint density at radius 1 is 1.53 bits per heavy atom. The molecule has 0 radical (unpaired) electrons. The fraction of sp³-hybridized carbons (Fsp3) is 0.400. The second-order valence-electron chi connectivity index (χ2n) is 3.37. The van der Waals surface area contributed by atoms with Gasteiger partial charge in [0.15, 0.2) is 5.75 Å². The molecule has 96 valence electrons. The number of halogens is 1. The Balaban J connectivity index is 0.00000256. The van der Waals surface area contributed by atoms with Crippen LogP contribution in [0.3, 0.4) is 0 Å². The normalized spacial score (nSPS) is 11.5. The molecule has 0 fully saturated rings. The molecule has 0 aliphatic carbocycles.